The molecule has 0 unspecified atom stereocenters. The lowest BCUT2D eigenvalue weighted by atomic mass is 10.1. The first kappa shape index (κ1) is 24.9. The smallest absolute Gasteiger partial charge is 0.191 e. The minimum atomic E-state index is 0. The zero-order valence-corrected chi connectivity index (χ0v) is 20.1. The van der Waals surface area contributed by atoms with Gasteiger partial charge in [-0.2, -0.15) is 0 Å². The molecule has 1 fully saturated rings. The molecule has 7 nitrogen and oxygen atoms in total. The van der Waals surface area contributed by atoms with Crippen molar-refractivity contribution < 1.29 is 4.74 Å². The van der Waals surface area contributed by atoms with E-state index in [2.05, 4.69) is 63.4 Å². The number of aliphatic imine (C=N–C) groups is 1. The molecule has 2 heterocycles. The summed E-state index contributed by atoms with van der Waals surface area (Å²) in [4.78, 5) is 13.6. The number of hydrogen-bond acceptors (Lipinski definition) is 5. The van der Waals surface area contributed by atoms with Gasteiger partial charge in [0.25, 0.3) is 0 Å². The number of nitrogens with zero attached hydrogens (tertiary/aromatic N) is 4. The summed E-state index contributed by atoms with van der Waals surface area (Å²) >= 11 is 0. The van der Waals surface area contributed by atoms with Gasteiger partial charge in [0.1, 0.15) is 5.82 Å². The number of rotatable bonds is 9. The molecule has 0 radical (unpaired) electrons. The lowest BCUT2D eigenvalue weighted by Gasteiger charge is -2.33. The predicted molar refractivity (Wildman–Crippen MR) is 128 cm³/mol. The molecule has 28 heavy (non-hydrogen) atoms. The van der Waals surface area contributed by atoms with Crippen LogP contribution >= 0.6 is 24.0 Å². The van der Waals surface area contributed by atoms with Crippen molar-refractivity contribution in [1.82, 2.24) is 20.5 Å². The first-order valence-corrected chi connectivity index (χ1v) is 9.99. The van der Waals surface area contributed by atoms with Gasteiger partial charge in [-0.15, -0.1) is 24.0 Å². The highest BCUT2D eigenvalue weighted by atomic mass is 127. The summed E-state index contributed by atoms with van der Waals surface area (Å²) in [5.41, 5.74) is 1.14. The maximum absolute atomic E-state index is 5.62. The number of aromatic nitrogens is 1. The van der Waals surface area contributed by atoms with Crippen LogP contribution in [-0.2, 0) is 11.3 Å². The number of hydrogen-bond donors (Lipinski definition) is 2. The van der Waals surface area contributed by atoms with Crippen LogP contribution in [0.5, 0.6) is 0 Å². The molecule has 2 N–H and O–H groups in total. The third-order valence-corrected chi connectivity index (χ3v) is 4.70. The third-order valence-electron chi connectivity index (χ3n) is 4.70. The van der Waals surface area contributed by atoms with Crippen LogP contribution in [0.1, 0.15) is 25.8 Å². The lowest BCUT2D eigenvalue weighted by molar-refractivity contribution is 0.128. The highest BCUT2D eigenvalue weighted by molar-refractivity contribution is 14.0. The second-order valence-corrected chi connectivity index (χ2v) is 7.46. The van der Waals surface area contributed by atoms with E-state index in [9.17, 15) is 0 Å². The summed E-state index contributed by atoms with van der Waals surface area (Å²) in [6, 6.07) is 4.25. The van der Waals surface area contributed by atoms with Crippen LogP contribution in [0.4, 0.5) is 5.82 Å². The van der Waals surface area contributed by atoms with E-state index >= 15 is 0 Å². The van der Waals surface area contributed by atoms with E-state index in [1.165, 1.54) is 0 Å². The number of anilines is 1. The normalized spacial score (nSPS) is 15.5. The highest BCUT2D eigenvalue weighted by Gasteiger charge is 2.14. The van der Waals surface area contributed by atoms with Gasteiger partial charge in [0.15, 0.2) is 5.96 Å². The molecule has 0 aliphatic carbocycles. The van der Waals surface area contributed by atoms with Crippen LogP contribution in [0.15, 0.2) is 23.3 Å². The minimum Gasteiger partial charge on any atom is -0.380 e. The van der Waals surface area contributed by atoms with Gasteiger partial charge >= 0.3 is 0 Å². The third kappa shape index (κ3) is 9.38. The predicted octanol–water partition coefficient (Wildman–Crippen LogP) is 2.18. The Labute approximate surface area is 187 Å². The standard InChI is InChI=1S/C20H36N6O.HI/c1-17(2)7-13-27-14-8-22-20(21-3)24-16-18-5-6-19(23-15-18)26-11-9-25(4)10-12-26;/h5-6,15,17H,7-14,16H2,1-4H3,(H2,21,22,24);1H. The molecule has 0 saturated carbocycles. The number of nitrogens with one attached hydrogen (secondary N) is 2. The van der Waals surface area contributed by atoms with E-state index < -0.39 is 0 Å². The van der Waals surface area contributed by atoms with E-state index in [0.717, 1.165) is 63.1 Å². The maximum Gasteiger partial charge on any atom is 0.191 e. The number of likely N-dealkylation sites (N-methyl/N-ethyl adjacent to an activating group) is 1. The molecule has 1 aliphatic heterocycles. The first-order valence-electron chi connectivity index (χ1n) is 9.99. The van der Waals surface area contributed by atoms with Crippen molar-refractivity contribution in [2.24, 2.45) is 10.9 Å². The average Bonchev–Trinajstić information content (AvgIpc) is 2.67. The maximum atomic E-state index is 5.62. The highest BCUT2D eigenvalue weighted by Crippen LogP contribution is 2.13. The topological polar surface area (TPSA) is 65.0 Å². The Balaban J connectivity index is 0.00000392. The summed E-state index contributed by atoms with van der Waals surface area (Å²) in [5, 5.41) is 6.60. The molecule has 1 aromatic heterocycles. The minimum absolute atomic E-state index is 0. The number of piperazine rings is 1. The van der Waals surface area contributed by atoms with Gasteiger partial charge in [-0.3, -0.25) is 4.99 Å². The van der Waals surface area contributed by atoms with Crippen LogP contribution in [0.3, 0.4) is 0 Å². The van der Waals surface area contributed by atoms with Crippen molar-refractivity contribution >= 4 is 35.8 Å². The number of pyridine rings is 1. The Morgan fingerprint density at radius 1 is 1.18 bits per heavy atom. The van der Waals surface area contributed by atoms with Crippen LogP contribution < -0.4 is 15.5 Å². The van der Waals surface area contributed by atoms with E-state index in [1.807, 2.05) is 6.20 Å². The van der Waals surface area contributed by atoms with Crippen molar-refractivity contribution in [3.8, 4) is 0 Å². The van der Waals surface area contributed by atoms with Crippen LogP contribution in [0.25, 0.3) is 0 Å². The van der Waals surface area contributed by atoms with E-state index in [1.54, 1.807) is 7.05 Å². The molecule has 2 rings (SSSR count). The lowest BCUT2D eigenvalue weighted by Crippen LogP contribution is -2.44. The molecule has 1 aromatic rings. The van der Waals surface area contributed by atoms with E-state index in [0.29, 0.717) is 19.1 Å². The number of ether oxygens (including phenoxy) is 1. The summed E-state index contributed by atoms with van der Waals surface area (Å²) < 4.78 is 5.62. The van der Waals surface area contributed by atoms with Crippen molar-refractivity contribution in [2.45, 2.75) is 26.8 Å². The molecule has 1 saturated heterocycles. The van der Waals surface area contributed by atoms with Gasteiger partial charge in [0.05, 0.1) is 6.61 Å². The molecule has 1 aliphatic rings. The SMILES string of the molecule is CN=C(NCCOCCC(C)C)NCc1ccc(N2CCN(C)CC2)nc1.I. The van der Waals surface area contributed by atoms with Gasteiger partial charge in [0, 0.05) is 59.1 Å². The molecular formula is C20H37IN6O. The Morgan fingerprint density at radius 2 is 1.93 bits per heavy atom. The van der Waals surface area contributed by atoms with Crippen molar-refractivity contribution in [2.75, 3.05) is 64.9 Å². The van der Waals surface area contributed by atoms with Crippen LogP contribution in [0, 0.1) is 5.92 Å². The molecular weight excluding hydrogens is 467 g/mol. The second-order valence-electron chi connectivity index (χ2n) is 7.46. The Hall–Kier alpha value is -1.13. The molecule has 0 aromatic carbocycles. The number of guanidine groups is 1. The summed E-state index contributed by atoms with van der Waals surface area (Å²) in [6.45, 7) is 11.6. The zero-order valence-electron chi connectivity index (χ0n) is 17.8. The monoisotopic (exact) mass is 504 g/mol. The summed E-state index contributed by atoms with van der Waals surface area (Å²) in [6.07, 6.45) is 3.05. The fraction of sp³-hybridized carbons (Fsp3) is 0.700. The first-order chi connectivity index (χ1) is 13.1. The molecule has 0 spiro atoms. The molecule has 0 amide bonds. The van der Waals surface area contributed by atoms with Gasteiger partial charge in [0.2, 0.25) is 0 Å². The zero-order chi connectivity index (χ0) is 19.5. The van der Waals surface area contributed by atoms with Gasteiger partial charge in [-0.1, -0.05) is 19.9 Å². The van der Waals surface area contributed by atoms with Crippen molar-refractivity contribution in [3.05, 3.63) is 23.9 Å². The summed E-state index contributed by atoms with van der Waals surface area (Å²) in [5.74, 6) is 2.53. The number of halogens is 1. The molecule has 160 valence electrons. The van der Waals surface area contributed by atoms with Gasteiger partial charge in [-0.05, 0) is 31.0 Å². The molecule has 8 heteroatoms. The van der Waals surface area contributed by atoms with E-state index in [4.69, 9.17) is 4.74 Å². The van der Waals surface area contributed by atoms with E-state index in [-0.39, 0.29) is 24.0 Å². The van der Waals surface area contributed by atoms with Gasteiger partial charge < -0.3 is 25.2 Å². The fourth-order valence-electron chi connectivity index (χ4n) is 2.81. The Morgan fingerprint density at radius 3 is 2.54 bits per heavy atom. The van der Waals surface area contributed by atoms with Crippen LogP contribution in [-0.4, -0.2) is 75.9 Å². The van der Waals surface area contributed by atoms with Crippen molar-refractivity contribution in [3.63, 3.8) is 0 Å². The largest absolute Gasteiger partial charge is 0.380 e. The van der Waals surface area contributed by atoms with Gasteiger partial charge in [-0.25, -0.2) is 4.98 Å². The quantitative estimate of drug-likeness (QED) is 0.233. The second kappa shape index (κ2) is 13.9. The van der Waals surface area contributed by atoms with Crippen molar-refractivity contribution in [1.29, 1.82) is 0 Å². The fourth-order valence-corrected chi connectivity index (χ4v) is 2.81. The Bertz CT molecular complexity index is 558. The summed E-state index contributed by atoms with van der Waals surface area (Å²) in [7, 11) is 3.95. The Kier molecular flexibility index (Phi) is 12.4. The average molecular weight is 504 g/mol. The molecule has 0 bridgehead atoms. The molecule has 0 atom stereocenters. The van der Waals surface area contributed by atoms with Crippen LogP contribution in [0.2, 0.25) is 0 Å².